The second-order valence-electron chi connectivity index (χ2n) is 6.32. The van der Waals surface area contributed by atoms with Crippen LogP contribution in [0.4, 0.5) is 0 Å². The van der Waals surface area contributed by atoms with Crippen molar-refractivity contribution in [1.82, 2.24) is 9.88 Å². The molecule has 0 radical (unpaired) electrons. The maximum absolute atomic E-state index is 5.40. The van der Waals surface area contributed by atoms with Gasteiger partial charge in [0.1, 0.15) is 5.75 Å². The number of hydrogen-bond donors (Lipinski definition) is 1. The molecular weight excluding hydrogens is 248 g/mol. The molecule has 0 amide bonds. The Kier molecular flexibility index (Phi) is 2.77. The largest absolute Gasteiger partial charge is 0.497 e. The number of H-pyrrole nitrogens is 1. The van der Waals surface area contributed by atoms with Crippen LogP contribution in [0.5, 0.6) is 5.75 Å². The van der Waals surface area contributed by atoms with Gasteiger partial charge in [-0.2, -0.15) is 0 Å². The number of hydrogen-bond acceptors (Lipinski definition) is 2. The molecule has 3 nitrogen and oxygen atoms in total. The maximum atomic E-state index is 5.40. The van der Waals surface area contributed by atoms with Crippen molar-refractivity contribution >= 4 is 10.9 Å². The molecule has 3 atom stereocenters. The molecule has 1 aromatic heterocycles. The van der Waals surface area contributed by atoms with Crippen LogP contribution in [0, 0.1) is 0 Å². The van der Waals surface area contributed by atoms with Gasteiger partial charge in [-0.1, -0.05) is 0 Å². The Morgan fingerprint density at radius 3 is 3.10 bits per heavy atom. The normalized spacial score (nSPS) is 29.0. The molecule has 1 aromatic carbocycles. The maximum Gasteiger partial charge on any atom is 0.119 e. The van der Waals surface area contributed by atoms with Gasteiger partial charge in [0.25, 0.3) is 0 Å². The zero-order chi connectivity index (χ0) is 13.7. The summed E-state index contributed by atoms with van der Waals surface area (Å²) in [4.78, 5) is 6.36. The second kappa shape index (κ2) is 4.52. The molecule has 106 valence electrons. The average molecular weight is 270 g/mol. The molecule has 2 aliphatic rings. The molecule has 4 rings (SSSR count). The first-order chi connectivity index (χ1) is 9.76. The molecule has 2 bridgehead atoms. The number of piperidine rings is 1. The van der Waals surface area contributed by atoms with Crippen LogP contribution in [0.15, 0.2) is 18.2 Å². The Bertz CT molecular complexity index is 646. The predicted octanol–water partition coefficient (Wildman–Crippen LogP) is 3.30. The number of aromatic nitrogens is 1. The minimum Gasteiger partial charge on any atom is -0.497 e. The molecule has 1 fully saturated rings. The van der Waals surface area contributed by atoms with E-state index < -0.39 is 0 Å². The SMILES string of the molecule is COc1ccc2[nH]c3c(c2c1)CC(C)N1CCCC3C1. The van der Waals surface area contributed by atoms with Crippen LogP contribution >= 0.6 is 0 Å². The zero-order valence-corrected chi connectivity index (χ0v) is 12.3. The lowest BCUT2D eigenvalue weighted by Crippen LogP contribution is -2.39. The van der Waals surface area contributed by atoms with Crippen LogP contribution in [0.1, 0.15) is 36.9 Å². The number of nitrogens with zero attached hydrogens (tertiary/aromatic N) is 1. The second-order valence-corrected chi connectivity index (χ2v) is 6.32. The number of rotatable bonds is 1. The Balaban J connectivity index is 1.90. The molecule has 3 heterocycles. The minimum atomic E-state index is 0.643. The van der Waals surface area contributed by atoms with Crippen molar-refractivity contribution in [2.75, 3.05) is 20.2 Å². The number of ether oxygens (including phenoxy) is 1. The lowest BCUT2D eigenvalue weighted by Gasteiger charge is -2.33. The first kappa shape index (κ1) is 12.3. The van der Waals surface area contributed by atoms with E-state index in [0.29, 0.717) is 12.0 Å². The topological polar surface area (TPSA) is 28.3 Å². The molecule has 20 heavy (non-hydrogen) atoms. The monoisotopic (exact) mass is 270 g/mol. The Hall–Kier alpha value is -1.48. The van der Waals surface area contributed by atoms with Crippen LogP contribution < -0.4 is 4.74 Å². The van der Waals surface area contributed by atoms with Gasteiger partial charge in [-0.15, -0.1) is 0 Å². The van der Waals surface area contributed by atoms with Crippen molar-refractivity contribution < 1.29 is 4.74 Å². The molecule has 3 heteroatoms. The van der Waals surface area contributed by atoms with Crippen LogP contribution in [0.25, 0.3) is 10.9 Å². The highest BCUT2D eigenvalue weighted by atomic mass is 16.5. The van der Waals surface area contributed by atoms with E-state index in [1.165, 1.54) is 48.1 Å². The third-order valence-corrected chi connectivity index (χ3v) is 5.13. The molecule has 0 saturated carbocycles. The number of nitrogens with one attached hydrogen (secondary N) is 1. The lowest BCUT2D eigenvalue weighted by atomic mass is 9.93. The van der Waals surface area contributed by atoms with E-state index in [-0.39, 0.29) is 0 Å². The molecule has 2 aromatic rings. The van der Waals surface area contributed by atoms with E-state index in [2.05, 4.69) is 35.0 Å². The summed E-state index contributed by atoms with van der Waals surface area (Å²) in [7, 11) is 1.74. The van der Waals surface area contributed by atoms with E-state index in [1.807, 2.05) is 0 Å². The van der Waals surface area contributed by atoms with Crippen molar-refractivity contribution in [3.63, 3.8) is 0 Å². The summed E-state index contributed by atoms with van der Waals surface area (Å²) >= 11 is 0. The summed E-state index contributed by atoms with van der Waals surface area (Å²) in [5, 5.41) is 1.36. The van der Waals surface area contributed by atoms with E-state index in [9.17, 15) is 0 Å². The van der Waals surface area contributed by atoms with Gasteiger partial charge in [-0.3, -0.25) is 4.90 Å². The van der Waals surface area contributed by atoms with Gasteiger partial charge >= 0.3 is 0 Å². The highest BCUT2D eigenvalue weighted by Crippen LogP contribution is 2.38. The smallest absolute Gasteiger partial charge is 0.119 e. The van der Waals surface area contributed by atoms with Crippen molar-refractivity contribution in [1.29, 1.82) is 0 Å². The molecule has 2 aliphatic heterocycles. The van der Waals surface area contributed by atoms with E-state index in [0.717, 1.165) is 12.2 Å². The van der Waals surface area contributed by atoms with Gasteiger partial charge < -0.3 is 9.72 Å². The Morgan fingerprint density at radius 1 is 1.35 bits per heavy atom. The summed E-state index contributed by atoms with van der Waals surface area (Å²) < 4.78 is 5.40. The van der Waals surface area contributed by atoms with Crippen LogP contribution in [-0.4, -0.2) is 36.1 Å². The van der Waals surface area contributed by atoms with Crippen molar-refractivity contribution in [2.45, 2.75) is 38.1 Å². The van der Waals surface area contributed by atoms with Gasteiger partial charge in [-0.25, -0.2) is 0 Å². The van der Waals surface area contributed by atoms with E-state index >= 15 is 0 Å². The average Bonchev–Trinajstić information content (AvgIpc) is 2.81. The zero-order valence-electron chi connectivity index (χ0n) is 12.3. The van der Waals surface area contributed by atoms with Crippen molar-refractivity contribution in [3.05, 3.63) is 29.5 Å². The quantitative estimate of drug-likeness (QED) is 0.861. The van der Waals surface area contributed by atoms with Gasteiger partial charge in [-0.05, 0) is 56.5 Å². The van der Waals surface area contributed by atoms with Gasteiger partial charge in [0.15, 0.2) is 0 Å². The molecule has 1 saturated heterocycles. The lowest BCUT2D eigenvalue weighted by molar-refractivity contribution is 0.165. The number of benzene rings is 1. The van der Waals surface area contributed by atoms with Crippen LogP contribution in [0.3, 0.4) is 0 Å². The van der Waals surface area contributed by atoms with Gasteiger partial charge in [0.05, 0.1) is 7.11 Å². The van der Waals surface area contributed by atoms with Gasteiger partial charge in [0, 0.05) is 35.1 Å². The predicted molar refractivity (Wildman–Crippen MR) is 81.6 cm³/mol. The summed E-state index contributed by atoms with van der Waals surface area (Å²) in [6.45, 7) is 4.86. The fraction of sp³-hybridized carbons (Fsp3) is 0.529. The molecule has 0 spiro atoms. The van der Waals surface area contributed by atoms with E-state index in [4.69, 9.17) is 4.74 Å². The third-order valence-electron chi connectivity index (χ3n) is 5.13. The molecule has 1 N–H and O–H groups in total. The van der Waals surface area contributed by atoms with E-state index in [1.54, 1.807) is 7.11 Å². The first-order valence-corrected chi connectivity index (χ1v) is 7.69. The van der Waals surface area contributed by atoms with Crippen LogP contribution in [-0.2, 0) is 6.42 Å². The molecule has 3 unspecified atom stereocenters. The number of methoxy groups -OCH3 is 1. The standard InChI is InChI=1S/C17H22N2O/c1-11-8-15-14-9-13(20-2)5-6-16(14)18-17(15)12-4-3-7-19(11)10-12/h5-6,9,11-12,18H,3-4,7-8,10H2,1-2H3. The summed E-state index contributed by atoms with van der Waals surface area (Å²) in [5.41, 5.74) is 4.28. The fourth-order valence-electron chi connectivity index (χ4n) is 4.01. The molecule has 0 aliphatic carbocycles. The minimum absolute atomic E-state index is 0.643. The fourth-order valence-corrected chi connectivity index (χ4v) is 4.01. The number of aromatic amines is 1. The molecular formula is C17H22N2O. The first-order valence-electron chi connectivity index (χ1n) is 7.69. The summed E-state index contributed by atoms with van der Waals surface area (Å²) in [6.07, 6.45) is 3.80. The number of fused-ring (bicyclic) bond motifs is 6. The Labute approximate surface area is 119 Å². The van der Waals surface area contributed by atoms with Gasteiger partial charge in [0.2, 0.25) is 0 Å². The third kappa shape index (κ3) is 1.76. The van der Waals surface area contributed by atoms with Crippen LogP contribution in [0.2, 0.25) is 0 Å². The van der Waals surface area contributed by atoms with Crippen molar-refractivity contribution in [2.24, 2.45) is 0 Å². The van der Waals surface area contributed by atoms with Crippen molar-refractivity contribution in [3.8, 4) is 5.75 Å². The summed E-state index contributed by atoms with van der Waals surface area (Å²) in [5.74, 6) is 1.64. The Morgan fingerprint density at radius 2 is 2.25 bits per heavy atom. The highest BCUT2D eigenvalue weighted by molar-refractivity contribution is 5.86. The summed E-state index contributed by atoms with van der Waals surface area (Å²) in [6, 6.07) is 7.05. The highest BCUT2D eigenvalue weighted by Gasteiger charge is 2.32.